The molecule has 3 N–H and O–H groups in total. The van der Waals surface area contributed by atoms with Crippen LogP contribution in [0.1, 0.15) is 32.1 Å². The lowest BCUT2D eigenvalue weighted by Gasteiger charge is -2.23. The fourth-order valence-corrected chi connectivity index (χ4v) is 4.66. The highest BCUT2D eigenvalue weighted by Gasteiger charge is 2.21. The summed E-state index contributed by atoms with van der Waals surface area (Å²) in [5.74, 6) is 1.01. The zero-order valence-corrected chi connectivity index (χ0v) is 19.6. The lowest BCUT2D eigenvalue weighted by atomic mass is 10.00. The third-order valence-corrected chi connectivity index (χ3v) is 6.85. The van der Waals surface area contributed by atoms with E-state index >= 15 is 0 Å². The number of pyridine rings is 1. The highest BCUT2D eigenvalue weighted by atomic mass is 35.5. The second kappa shape index (κ2) is 11.3. The number of benzene rings is 1. The zero-order chi connectivity index (χ0) is 22.3. The van der Waals surface area contributed by atoms with E-state index in [2.05, 4.69) is 20.9 Å². The molecule has 2 fully saturated rings. The Labute approximate surface area is 199 Å². The van der Waals surface area contributed by atoms with Gasteiger partial charge in [0.25, 0.3) is 0 Å². The Morgan fingerprint density at radius 2 is 1.91 bits per heavy atom. The summed E-state index contributed by atoms with van der Waals surface area (Å²) in [6.45, 7) is 4.21. The SMILES string of the molecule is O=C(Nc1cc(-c2cc(NCC3CCOCC3)ccc2Cl)c(Cl)cn1)C1CCCCNC1. The molecule has 8 heteroatoms. The van der Waals surface area contributed by atoms with E-state index in [1.54, 1.807) is 12.3 Å². The number of halogens is 2. The molecular weight excluding hydrogens is 447 g/mol. The number of carbonyl (C=O) groups excluding carboxylic acids is 1. The number of amides is 1. The molecule has 2 aliphatic heterocycles. The van der Waals surface area contributed by atoms with Crippen LogP contribution in [0.2, 0.25) is 10.0 Å². The molecule has 172 valence electrons. The van der Waals surface area contributed by atoms with Crippen LogP contribution in [-0.2, 0) is 9.53 Å². The molecule has 32 heavy (non-hydrogen) atoms. The van der Waals surface area contributed by atoms with E-state index in [4.69, 9.17) is 27.9 Å². The molecule has 1 amide bonds. The third kappa shape index (κ3) is 6.13. The average Bonchev–Trinajstić information content (AvgIpc) is 3.10. The van der Waals surface area contributed by atoms with Crippen molar-refractivity contribution in [1.29, 1.82) is 0 Å². The van der Waals surface area contributed by atoms with E-state index in [9.17, 15) is 4.79 Å². The second-order valence-corrected chi connectivity index (χ2v) is 9.38. The number of nitrogens with zero attached hydrogens (tertiary/aromatic N) is 1. The average molecular weight is 477 g/mol. The van der Waals surface area contributed by atoms with Gasteiger partial charge in [-0.05, 0) is 62.4 Å². The van der Waals surface area contributed by atoms with E-state index in [1.807, 2.05) is 18.2 Å². The fourth-order valence-electron chi connectivity index (χ4n) is 4.24. The molecule has 0 radical (unpaired) electrons. The van der Waals surface area contributed by atoms with Gasteiger partial charge in [-0.25, -0.2) is 4.98 Å². The molecule has 0 bridgehead atoms. The van der Waals surface area contributed by atoms with E-state index in [0.29, 0.717) is 28.3 Å². The number of nitrogens with one attached hydrogen (secondary N) is 3. The van der Waals surface area contributed by atoms with E-state index in [-0.39, 0.29) is 11.8 Å². The summed E-state index contributed by atoms with van der Waals surface area (Å²) in [5.41, 5.74) is 2.54. The number of hydrogen-bond donors (Lipinski definition) is 3. The van der Waals surface area contributed by atoms with Gasteiger partial charge in [-0.3, -0.25) is 4.79 Å². The fraction of sp³-hybridized carbons (Fsp3) is 0.500. The summed E-state index contributed by atoms with van der Waals surface area (Å²) in [5, 5.41) is 10.9. The largest absolute Gasteiger partial charge is 0.385 e. The Morgan fingerprint density at radius 1 is 1.09 bits per heavy atom. The molecular formula is C24H30Cl2N4O2. The van der Waals surface area contributed by atoms with Gasteiger partial charge in [0.1, 0.15) is 5.82 Å². The van der Waals surface area contributed by atoms with Crippen molar-refractivity contribution in [3.63, 3.8) is 0 Å². The van der Waals surface area contributed by atoms with Crippen LogP contribution in [0.3, 0.4) is 0 Å². The lowest BCUT2D eigenvalue weighted by Crippen LogP contribution is -2.31. The maximum atomic E-state index is 12.7. The van der Waals surface area contributed by atoms with E-state index in [0.717, 1.165) is 75.2 Å². The van der Waals surface area contributed by atoms with Crippen molar-refractivity contribution in [1.82, 2.24) is 10.3 Å². The Kier molecular flexibility index (Phi) is 8.25. The molecule has 3 heterocycles. The first-order valence-corrected chi connectivity index (χ1v) is 12.1. The molecule has 2 aromatic rings. The number of aromatic nitrogens is 1. The molecule has 0 saturated carbocycles. The number of ether oxygens (including phenoxy) is 1. The van der Waals surface area contributed by atoms with Crippen LogP contribution in [0, 0.1) is 11.8 Å². The quantitative estimate of drug-likeness (QED) is 0.532. The highest BCUT2D eigenvalue weighted by Crippen LogP contribution is 2.36. The van der Waals surface area contributed by atoms with Crippen molar-refractivity contribution in [3.05, 3.63) is 40.5 Å². The number of rotatable bonds is 6. The van der Waals surface area contributed by atoms with Crippen molar-refractivity contribution in [3.8, 4) is 11.1 Å². The van der Waals surface area contributed by atoms with Gasteiger partial charge in [0, 0.05) is 54.3 Å². The van der Waals surface area contributed by atoms with Crippen molar-refractivity contribution in [2.24, 2.45) is 11.8 Å². The van der Waals surface area contributed by atoms with Crippen molar-refractivity contribution in [2.45, 2.75) is 32.1 Å². The van der Waals surface area contributed by atoms with Crippen LogP contribution in [0.25, 0.3) is 11.1 Å². The number of hydrogen-bond acceptors (Lipinski definition) is 5. The molecule has 1 aromatic heterocycles. The van der Waals surface area contributed by atoms with Crippen LogP contribution in [-0.4, -0.2) is 43.7 Å². The van der Waals surface area contributed by atoms with Crippen molar-refractivity contribution in [2.75, 3.05) is 43.5 Å². The third-order valence-electron chi connectivity index (χ3n) is 6.22. The van der Waals surface area contributed by atoms with E-state index in [1.165, 1.54) is 0 Å². The highest BCUT2D eigenvalue weighted by molar-refractivity contribution is 6.36. The summed E-state index contributed by atoms with van der Waals surface area (Å²) < 4.78 is 5.44. The molecule has 1 unspecified atom stereocenters. The van der Waals surface area contributed by atoms with Gasteiger partial charge in [-0.2, -0.15) is 0 Å². The van der Waals surface area contributed by atoms with Crippen molar-refractivity contribution < 1.29 is 9.53 Å². The molecule has 4 rings (SSSR count). The summed E-state index contributed by atoms with van der Waals surface area (Å²) in [4.78, 5) is 17.1. The van der Waals surface area contributed by atoms with E-state index < -0.39 is 0 Å². The second-order valence-electron chi connectivity index (χ2n) is 8.57. The predicted molar refractivity (Wildman–Crippen MR) is 131 cm³/mol. The van der Waals surface area contributed by atoms with Crippen LogP contribution in [0.5, 0.6) is 0 Å². The molecule has 2 aliphatic rings. The van der Waals surface area contributed by atoms with Crippen LogP contribution in [0.4, 0.5) is 11.5 Å². The van der Waals surface area contributed by atoms with Gasteiger partial charge in [-0.1, -0.05) is 29.6 Å². The smallest absolute Gasteiger partial charge is 0.229 e. The lowest BCUT2D eigenvalue weighted by molar-refractivity contribution is -0.119. The molecule has 0 spiro atoms. The van der Waals surface area contributed by atoms with Gasteiger partial charge in [-0.15, -0.1) is 0 Å². The van der Waals surface area contributed by atoms with Crippen LogP contribution >= 0.6 is 23.2 Å². The zero-order valence-electron chi connectivity index (χ0n) is 18.1. The van der Waals surface area contributed by atoms with Crippen LogP contribution in [0.15, 0.2) is 30.5 Å². The molecule has 1 atom stereocenters. The van der Waals surface area contributed by atoms with Gasteiger partial charge >= 0.3 is 0 Å². The Morgan fingerprint density at radius 3 is 2.75 bits per heavy atom. The van der Waals surface area contributed by atoms with Crippen LogP contribution < -0.4 is 16.0 Å². The summed E-state index contributed by atoms with van der Waals surface area (Å²) in [7, 11) is 0. The topological polar surface area (TPSA) is 75.3 Å². The maximum absolute atomic E-state index is 12.7. The monoisotopic (exact) mass is 476 g/mol. The summed E-state index contributed by atoms with van der Waals surface area (Å²) >= 11 is 13.0. The first-order valence-electron chi connectivity index (χ1n) is 11.4. The Balaban J connectivity index is 1.49. The standard InChI is InChI=1S/C24H30Cl2N4O2/c25-21-5-4-18(28-13-16-6-9-32-10-7-16)11-19(21)20-12-23(29-15-22(20)26)30-24(31)17-3-1-2-8-27-14-17/h4-5,11-12,15-17,27-28H,1-3,6-10,13-14H2,(H,29,30,31). The van der Waals surface area contributed by atoms with Gasteiger partial charge in [0.15, 0.2) is 0 Å². The first kappa shape index (κ1) is 23.3. The summed E-state index contributed by atoms with van der Waals surface area (Å²) in [6, 6.07) is 7.65. The molecule has 2 saturated heterocycles. The first-order chi connectivity index (χ1) is 15.6. The maximum Gasteiger partial charge on any atom is 0.229 e. The Bertz CT molecular complexity index is 926. The minimum atomic E-state index is -0.0558. The van der Waals surface area contributed by atoms with Gasteiger partial charge < -0.3 is 20.7 Å². The van der Waals surface area contributed by atoms with Gasteiger partial charge in [0.05, 0.1) is 10.9 Å². The van der Waals surface area contributed by atoms with Crippen molar-refractivity contribution >= 4 is 40.6 Å². The number of anilines is 2. The minimum Gasteiger partial charge on any atom is -0.385 e. The normalized spacial score (nSPS) is 19.9. The molecule has 0 aliphatic carbocycles. The molecule has 6 nitrogen and oxygen atoms in total. The van der Waals surface area contributed by atoms with Gasteiger partial charge in [0.2, 0.25) is 5.91 Å². The molecule has 1 aromatic carbocycles. The predicted octanol–water partition coefficient (Wildman–Crippen LogP) is 5.22. The minimum absolute atomic E-state index is 0.0156. The summed E-state index contributed by atoms with van der Waals surface area (Å²) in [6.07, 6.45) is 6.74. The Hall–Kier alpha value is -1.86. The number of carbonyl (C=O) groups is 1.